The molecule has 2 unspecified atom stereocenters. The Bertz CT molecular complexity index is 483. The van der Waals surface area contributed by atoms with Crippen LogP contribution in [0.25, 0.3) is 0 Å². The number of carbonyl (C=O) groups excluding carboxylic acids is 1. The summed E-state index contributed by atoms with van der Waals surface area (Å²) >= 11 is 0. The molecular formula is C13H22N4O2. The Morgan fingerprint density at radius 2 is 2.26 bits per heavy atom. The molecule has 6 heteroatoms. The van der Waals surface area contributed by atoms with Crippen LogP contribution in [-0.4, -0.2) is 45.9 Å². The van der Waals surface area contributed by atoms with Crippen molar-refractivity contribution in [3.63, 3.8) is 0 Å². The molecule has 1 aliphatic rings. The second-order valence-electron chi connectivity index (χ2n) is 5.13. The maximum absolute atomic E-state index is 12.7. The lowest BCUT2D eigenvalue weighted by Crippen LogP contribution is -2.51. The highest BCUT2D eigenvalue weighted by Crippen LogP contribution is 2.22. The van der Waals surface area contributed by atoms with E-state index in [1.807, 2.05) is 18.7 Å². The van der Waals surface area contributed by atoms with Crippen molar-refractivity contribution >= 4 is 11.6 Å². The number of hydrogen-bond acceptors (Lipinski definition) is 4. The van der Waals surface area contributed by atoms with Crippen molar-refractivity contribution in [2.24, 2.45) is 7.05 Å². The van der Waals surface area contributed by atoms with Gasteiger partial charge in [-0.2, -0.15) is 5.10 Å². The Morgan fingerprint density at radius 1 is 1.58 bits per heavy atom. The summed E-state index contributed by atoms with van der Waals surface area (Å²) in [6.45, 7) is 7.03. The molecule has 19 heavy (non-hydrogen) atoms. The number of morpholine rings is 1. The SMILES string of the molecule is CCC1COC(C)CN1C(=O)c1c(N)c(C)nn1C. The lowest BCUT2D eigenvalue weighted by molar-refractivity contribution is -0.0447. The first-order valence-electron chi connectivity index (χ1n) is 6.67. The van der Waals surface area contributed by atoms with E-state index in [0.29, 0.717) is 30.2 Å². The highest BCUT2D eigenvalue weighted by molar-refractivity contribution is 5.98. The van der Waals surface area contributed by atoms with Gasteiger partial charge in [-0.15, -0.1) is 0 Å². The Balaban J connectivity index is 2.31. The summed E-state index contributed by atoms with van der Waals surface area (Å²) in [5, 5.41) is 4.21. The molecule has 2 heterocycles. The van der Waals surface area contributed by atoms with Crippen LogP contribution in [0.3, 0.4) is 0 Å². The number of amides is 1. The molecule has 2 rings (SSSR count). The molecule has 1 aromatic heterocycles. The molecule has 2 atom stereocenters. The maximum atomic E-state index is 12.7. The zero-order valence-corrected chi connectivity index (χ0v) is 12.0. The van der Waals surface area contributed by atoms with Crippen LogP contribution in [0.4, 0.5) is 5.69 Å². The molecule has 1 aliphatic heterocycles. The van der Waals surface area contributed by atoms with Gasteiger partial charge < -0.3 is 15.4 Å². The van der Waals surface area contributed by atoms with Gasteiger partial charge in [0.2, 0.25) is 0 Å². The third-order valence-corrected chi connectivity index (χ3v) is 3.67. The van der Waals surface area contributed by atoms with Crippen LogP contribution in [0.5, 0.6) is 0 Å². The molecule has 1 saturated heterocycles. The van der Waals surface area contributed by atoms with E-state index in [4.69, 9.17) is 10.5 Å². The Kier molecular flexibility index (Phi) is 3.80. The molecule has 1 aromatic rings. The lowest BCUT2D eigenvalue weighted by atomic mass is 10.1. The fraction of sp³-hybridized carbons (Fsp3) is 0.692. The fourth-order valence-electron chi connectivity index (χ4n) is 2.50. The van der Waals surface area contributed by atoms with E-state index < -0.39 is 0 Å². The second kappa shape index (κ2) is 5.21. The Hall–Kier alpha value is -1.56. The van der Waals surface area contributed by atoms with Crippen molar-refractivity contribution in [2.45, 2.75) is 39.3 Å². The minimum Gasteiger partial charge on any atom is -0.395 e. The van der Waals surface area contributed by atoms with E-state index in [9.17, 15) is 4.79 Å². The number of nitrogen functional groups attached to an aromatic ring is 1. The smallest absolute Gasteiger partial charge is 0.274 e. The average Bonchev–Trinajstić information content (AvgIpc) is 2.62. The summed E-state index contributed by atoms with van der Waals surface area (Å²) in [6.07, 6.45) is 0.928. The van der Waals surface area contributed by atoms with Gasteiger partial charge >= 0.3 is 0 Å². The molecule has 0 saturated carbocycles. The number of rotatable bonds is 2. The Morgan fingerprint density at radius 3 is 2.79 bits per heavy atom. The second-order valence-corrected chi connectivity index (χ2v) is 5.13. The van der Waals surface area contributed by atoms with Crippen molar-refractivity contribution in [1.29, 1.82) is 0 Å². The molecule has 0 aliphatic carbocycles. The van der Waals surface area contributed by atoms with Crippen molar-refractivity contribution in [3.8, 4) is 0 Å². The minimum absolute atomic E-state index is 0.0531. The van der Waals surface area contributed by atoms with Crippen LogP contribution in [0.15, 0.2) is 0 Å². The van der Waals surface area contributed by atoms with Crippen LogP contribution in [0.2, 0.25) is 0 Å². The number of anilines is 1. The van der Waals surface area contributed by atoms with Gasteiger partial charge in [0, 0.05) is 13.6 Å². The number of aryl methyl sites for hydroxylation is 2. The van der Waals surface area contributed by atoms with Crippen molar-refractivity contribution < 1.29 is 9.53 Å². The van der Waals surface area contributed by atoms with Gasteiger partial charge in [0.05, 0.1) is 30.1 Å². The van der Waals surface area contributed by atoms with Crippen molar-refractivity contribution in [1.82, 2.24) is 14.7 Å². The third-order valence-electron chi connectivity index (χ3n) is 3.67. The number of nitrogens with zero attached hydrogens (tertiary/aromatic N) is 3. The molecular weight excluding hydrogens is 244 g/mol. The van der Waals surface area contributed by atoms with Gasteiger partial charge in [-0.05, 0) is 20.3 Å². The number of aromatic nitrogens is 2. The summed E-state index contributed by atoms with van der Waals surface area (Å²) in [5.74, 6) is -0.0531. The van der Waals surface area contributed by atoms with Crippen LogP contribution in [-0.2, 0) is 11.8 Å². The van der Waals surface area contributed by atoms with Crippen molar-refractivity contribution in [3.05, 3.63) is 11.4 Å². The molecule has 1 amide bonds. The van der Waals surface area contributed by atoms with E-state index in [1.54, 1.807) is 11.7 Å². The van der Waals surface area contributed by atoms with E-state index in [-0.39, 0.29) is 18.1 Å². The van der Waals surface area contributed by atoms with Crippen molar-refractivity contribution in [2.75, 3.05) is 18.9 Å². The van der Waals surface area contributed by atoms with Crippen LogP contribution >= 0.6 is 0 Å². The molecule has 106 valence electrons. The normalized spacial score (nSPS) is 23.7. The van der Waals surface area contributed by atoms with Crippen LogP contribution in [0, 0.1) is 6.92 Å². The molecule has 2 N–H and O–H groups in total. The molecule has 0 aromatic carbocycles. The summed E-state index contributed by atoms with van der Waals surface area (Å²) in [5.41, 5.74) is 7.62. The van der Waals surface area contributed by atoms with Gasteiger partial charge in [-0.25, -0.2) is 0 Å². The van der Waals surface area contributed by atoms with Gasteiger partial charge in [-0.3, -0.25) is 9.48 Å². The quantitative estimate of drug-likeness (QED) is 0.865. The summed E-state index contributed by atoms with van der Waals surface area (Å²) in [6, 6.07) is 0.110. The first kappa shape index (κ1) is 13.9. The Labute approximate surface area is 113 Å². The molecule has 0 spiro atoms. The van der Waals surface area contributed by atoms with E-state index in [1.165, 1.54) is 0 Å². The fourth-order valence-corrected chi connectivity index (χ4v) is 2.50. The third kappa shape index (κ3) is 2.45. The average molecular weight is 266 g/mol. The lowest BCUT2D eigenvalue weighted by Gasteiger charge is -2.38. The largest absolute Gasteiger partial charge is 0.395 e. The standard InChI is InChI=1S/C13H22N4O2/c1-5-10-7-19-8(2)6-17(10)13(18)12-11(14)9(3)15-16(12)4/h8,10H,5-7,14H2,1-4H3. The molecule has 6 nitrogen and oxygen atoms in total. The first-order valence-corrected chi connectivity index (χ1v) is 6.67. The number of hydrogen-bond donors (Lipinski definition) is 1. The predicted octanol–water partition coefficient (Wildman–Crippen LogP) is 0.950. The zero-order chi connectivity index (χ0) is 14.2. The highest BCUT2D eigenvalue weighted by atomic mass is 16.5. The summed E-state index contributed by atoms with van der Waals surface area (Å²) in [4.78, 5) is 14.6. The molecule has 0 bridgehead atoms. The van der Waals surface area contributed by atoms with Gasteiger partial charge in [0.1, 0.15) is 5.69 Å². The summed E-state index contributed by atoms with van der Waals surface area (Å²) < 4.78 is 7.19. The van der Waals surface area contributed by atoms with Gasteiger partial charge in [0.15, 0.2) is 0 Å². The first-order chi connectivity index (χ1) is 8.95. The minimum atomic E-state index is -0.0531. The molecule has 0 radical (unpaired) electrons. The van der Waals surface area contributed by atoms with Crippen LogP contribution in [0.1, 0.15) is 36.5 Å². The van der Waals surface area contributed by atoms with E-state index >= 15 is 0 Å². The predicted molar refractivity (Wildman–Crippen MR) is 72.9 cm³/mol. The topological polar surface area (TPSA) is 73.4 Å². The van der Waals surface area contributed by atoms with E-state index in [0.717, 1.165) is 6.42 Å². The number of nitrogens with two attached hydrogens (primary N) is 1. The monoisotopic (exact) mass is 266 g/mol. The van der Waals surface area contributed by atoms with Gasteiger partial charge in [-0.1, -0.05) is 6.92 Å². The molecule has 1 fully saturated rings. The maximum Gasteiger partial charge on any atom is 0.274 e. The van der Waals surface area contributed by atoms with E-state index in [2.05, 4.69) is 12.0 Å². The number of ether oxygens (including phenoxy) is 1. The zero-order valence-electron chi connectivity index (χ0n) is 12.0. The number of carbonyl (C=O) groups is 1. The van der Waals surface area contributed by atoms with Gasteiger partial charge in [0.25, 0.3) is 5.91 Å². The van der Waals surface area contributed by atoms with Crippen LogP contribution < -0.4 is 5.73 Å². The highest BCUT2D eigenvalue weighted by Gasteiger charge is 2.32. The summed E-state index contributed by atoms with van der Waals surface area (Å²) in [7, 11) is 1.75.